The van der Waals surface area contributed by atoms with Crippen molar-refractivity contribution in [3.63, 3.8) is 0 Å². The number of morpholine rings is 1. The molecule has 0 atom stereocenters. The van der Waals surface area contributed by atoms with E-state index in [1.165, 1.54) is 5.69 Å². The van der Waals surface area contributed by atoms with Crippen LogP contribution >= 0.6 is 0 Å². The van der Waals surface area contributed by atoms with Crippen molar-refractivity contribution in [3.8, 4) is 5.75 Å². The van der Waals surface area contributed by atoms with Gasteiger partial charge in [-0.2, -0.15) is 0 Å². The van der Waals surface area contributed by atoms with Crippen LogP contribution < -0.4 is 15.0 Å². The van der Waals surface area contributed by atoms with Gasteiger partial charge in [0.05, 0.1) is 26.0 Å². The quantitative estimate of drug-likeness (QED) is 0.833. The second-order valence-corrected chi connectivity index (χ2v) is 7.69. The summed E-state index contributed by atoms with van der Waals surface area (Å²) in [4.78, 5) is 15.4. The van der Waals surface area contributed by atoms with E-state index in [2.05, 4.69) is 34.7 Å². The average molecular weight is 383 g/mol. The summed E-state index contributed by atoms with van der Waals surface area (Å²) in [5, 5.41) is 3.18. The van der Waals surface area contributed by atoms with E-state index in [0.717, 1.165) is 67.4 Å². The van der Waals surface area contributed by atoms with Crippen LogP contribution in [0.5, 0.6) is 5.75 Å². The lowest BCUT2D eigenvalue weighted by Gasteiger charge is -2.29. The van der Waals surface area contributed by atoms with Crippen LogP contribution in [0.4, 0.5) is 5.69 Å². The van der Waals surface area contributed by atoms with Crippen LogP contribution in [0.15, 0.2) is 24.3 Å². The van der Waals surface area contributed by atoms with E-state index in [4.69, 9.17) is 9.47 Å². The smallest absolute Gasteiger partial charge is 0.268 e. The summed E-state index contributed by atoms with van der Waals surface area (Å²) >= 11 is 0. The number of benzene rings is 1. The molecule has 1 aromatic carbocycles. The van der Waals surface area contributed by atoms with Crippen LogP contribution in [0.25, 0.3) is 0 Å². The predicted molar refractivity (Wildman–Crippen MR) is 110 cm³/mol. The summed E-state index contributed by atoms with van der Waals surface area (Å²) in [6.45, 7) is 7.99. The lowest BCUT2D eigenvalue weighted by Crippen LogP contribution is -2.36. The van der Waals surface area contributed by atoms with Gasteiger partial charge < -0.3 is 24.3 Å². The largest absolute Gasteiger partial charge is 0.497 e. The van der Waals surface area contributed by atoms with Crippen molar-refractivity contribution in [1.29, 1.82) is 0 Å². The Bertz CT molecular complexity index is 864. The van der Waals surface area contributed by atoms with Gasteiger partial charge in [0, 0.05) is 36.9 Å². The summed E-state index contributed by atoms with van der Waals surface area (Å²) in [6, 6.07) is 8.38. The Hall–Kier alpha value is -2.47. The Morgan fingerprint density at radius 2 is 2.00 bits per heavy atom. The molecule has 1 saturated heterocycles. The zero-order chi connectivity index (χ0) is 19.7. The van der Waals surface area contributed by atoms with Gasteiger partial charge in [0.15, 0.2) is 0 Å². The third-order valence-corrected chi connectivity index (χ3v) is 5.66. The molecule has 2 fully saturated rings. The van der Waals surface area contributed by atoms with E-state index >= 15 is 0 Å². The minimum atomic E-state index is 0.0329. The highest BCUT2D eigenvalue weighted by Gasteiger charge is 2.30. The first kappa shape index (κ1) is 18.9. The maximum Gasteiger partial charge on any atom is 0.268 e. The van der Waals surface area contributed by atoms with E-state index in [0.29, 0.717) is 12.6 Å². The number of carbonyl (C=O) groups excluding carboxylic acids is 1. The van der Waals surface area contributed by atoms with E-state index < -0.39 is 0 Å². The van der Waals surface area contributed by atoms with Crippen molar-refractivity contribution in [2.75, 3.05) is 38.3 Å². The first-order valence-electron chi connectivity index (χ1n) is 10.0. The Balaban J connectivity index is 1.74. The number of ether oxygens (including phenoxy) is 2. The van der Waals surface area contributed by atoms with Gasteiger partial charge in [0.1, 0.15) is 11.4 Å². The van der Waals surface area contributed by atoms with Crippen LogP contribution in [0.3, 0.4) is 0 Å². The highest BCUT2D eigenvalue weighted by atomic mass is 16.5. The fraction of sp³-hybridized carbons (Fsp3) is 0.500. The Kier molecular flexibility index (Phi) is 5.31. The van der Waals surface area contributed by atoms with E-state index in [-0.39, 0.29) is 5.91 Å². The van der Waals surface area contributed by atoms with Crippen molar-refractivity contribution < 1.29 is 14.3 Å². The minimum absolute atomic E-state index is 0.0329. The molecule has 1 N–H and O–H groups in total. The molecule has 4 rings (SSSR count). The van der Waals surface area contributed by atoms with Gasteiger partial charge in [0.2, 0.25) is 0 Å². The molecule has 6 nitrogen and oxygen atoms in total. The topological polar surface area (TPSA) is 55.7 Å². The summed E-state index contributed by atoms with van der Waals surface area (Å²) < 4.78 is 13.1. The first-order valence-corrected chi connectivity index (χ1v) is 10.0. The van der Waals surface area contributed by atoms with Crippen LogP contribution in [-0.4, -0.2) is 49.9 Å². The Labute approximate surface area is 166 Å². The summed E-state index contributed by atoms with van der Waals surface area (Å²) in [5.74, 6) is 0.863. The number of nitrogens with zero attached hydrogens (tertiary/aromatic N) is 2. The third kappa shape index (κ3) is 3.74. The minimum Gasteiger partial charge on any atom is -0.497 e. The summed E-state index contributed by atoms with van der Waals surface area (Å²) in [5.41, 5.74) is 5.25. The van der Waals surface area contributed by atoms with Crippen molar-refractivity contribution in [2.24, 2.45) is 0 Å². The number of rotatable bonds is 6. The number of anilines is 1. The zero-order valence-electron chi connectivity index (χ0n) is 17.0. The molecule has 2 aromatic rings. The number of methoxy groups -OCH3 is 1. The molecule has 0 radical (unpaired) electrons. The van der Waals surface area contributed by atoms with Gasteiger partial charge in [-0.3, -0.25) is 4.79 Å². The number of nitrogens with one attached hydrogen (secondary N) is 1. The first-order chi connectivity index (χ1) is 13.6. The van der Waals surface area contributed by atoms with Gasteiger partial charge >= 0.3 is 0 Å². The average Bonchev–Trinajstić information content (AvgIpc) is 3.48. The van der Waals surface area contributed by atoms with Crippen molar-refractivity contribution >= 4 is 11.6 Å². The van der Waals surface area contributed by atoms with Gasteiger partial charge in [-0.1, -0.05) is 12.1 Å². The number of hydrogen-bond acceptors (Lipinski definition) is 4. The molecule has 2 aliphatic rings. The van der Waals surface area contributed by atoms with Crippen molar-refractivity contribution in [2.45, 2.75) is 39.3 Å². The number of aromatic nitrogens is 1. The van der Waals surface area contributed by atoms with E-state index in [1.54, 1.807) is 7.11 Å². The lowest BCUT2D eigenvalue weighted by molar-refractivity contribution is 0.0941. The van der Waals surface area contributed by atoms with Gasteiger partial charge in [-0.25, -0.2) is 0 Å². The molecule has 0 bridgehead atoms. The molecule has 1 aliphatic heterocycles. The molecule has 150 valence electrons. The Morgan fingerprint density at radius 1 is 1.25 bits per heavy atom. The Morgan fingerprint density at radius 3 is 2.68 bits per heavy atom. The SMILES string of the molecule is COc1cccc(Cn2c(C)c(N3CCOCC3)c(C)c2C(=O)NC2CC2)c1. The zero-order valence-corrected chi connectivity index (χ0v) is 17.0. The maximum absolute atomic E-state index is 13.1. The standard InChI is InChI=1S/C22H29N3O3/c1-15-20(24-9-11-28-12-10-24)16(2)25(21(15)22(26)23-18-7-8-18)14-17-5-4-6-19(13-17)27-3/h4-6,13,18H,7-12,14H2,1-3H3,(H,23,26). The van der Waals surface area contributed by atoms with Crippen LogP contribution in [0.1, 0.15) is 40.2 Å². The molecular formula is C22H29N3O3. The molecule has 6 heteroatoms. The second kappa shape index (κ2) is 7.87. The number of hydrogen-bond donors (Lipinski definition) is 1. The van der Waals surface area contributed by atoms with E-state index in [9.17, 15) is 4.79 Å². The molecular weight excluding hydrogens is 354 g/mol. The molecule has 2 heterocycles. The molecule has 1 aliphatic carbocycles. The van der Waals surface area contributed by atoms with Crippen LogP contribution in [0.2, 0.25) is 0 Å². The van der Waals surface area contributed by atoms with Crippen molar-refractivity contribution in [3.05, 3.63) is 46.8 Å². The molecule has 0 spiro atoms. The molecule has 0 unspecified atom stereocenters. The fourth-order valence-electron chi connectivity index (χ4n) is 4.06. The van der Waals surface area contributed by atoms with Gasteiger partial charge in [0.25, 0.3) is 5.91 Å². The number of carbonyl (C=O) groups is 1. The van der Waals surface area contributed by atoms with Gasteiger partial charge in [-0.15, -0.1) is 0 Å². The summed E-state index contributed by atoms with van der Waals surface area (Å²) in [6.07, 6.45) is 2.16. The summed E-state index contributed by atoms with van der Waals surface area (Å²) in [7, 11) is 1.68. The fourth-order valence-corrected chi connectivity index (χ4v) is 4.06. The highest BCUT2D eigenvalue weighted by molar-refractivity contribution is 5.97. The van der Waals surface area contributed by atoms with Crippen LogP contribution in [-0.2, 0) is 11.3 Å². The molecule has 1 aromatic heterocycles. The normalized spacial score (nSPS) is 16.9. The molecule has 1 saturated carbocycles. The van der Waals surface area contributed by atoms with Crippen molar-refractivity contribution in [1.82, 2.24) is 9.88 Å². The lowest BCUT2D eigenvalue weighted by atomic mass is 10.2. The maximum atomic E-state index is 13.1. The third-order valence-electron chi connectivity index (χ3n) is 5.66. The second-order valence-electron chi connectivity index (χ2n) is 7.69. The van der Waals surface area contributed by atoms with E-state index in [1.807, 2.05) is 18.2 Å². The van der Waals surface area contributed by atoms with Crippen LogP contribution in [0, 0.1) is 13.8 Å². The monoisotopic (exact) mass is 383 g/mol. The highest BCUT2D eigenvalue weighted by Crippen LogP contribution is 2.33. The number of amides is 1. The van der Waals surface area contributed by atoms with Gasteiger partial charge in [-0.05, 0) is 44.4 Å². The predicted octanol–water partition coefficient (Wildman–Crippen LogP) is 2.89. The molecule has 1 amide bonds. The molecule has 28 heavy (non-hydrogen) atoms.